The zero-order chi connectivity index (χ0) is 11.4. The van der Waals surface area contributed by atoms with Gasteiger partial charge in [0.05, 0.1) is 0 Å². The van der Waals surface area contributed by atoms with E-state index in [0.717, 1.165) is 24.7 Å². The predicted molar refractivity (Wildman–Crippen MR) is 63.6 cm³/mol. The minimum atomic E-state index is 0.271. The van der Waals surface area contributed by atoms with Crippen molar-refractivity contribution in [3.8, 4) is 0 Å². The number of nitrogens with one attached hydrogen (secondary N) is 1. The van der Waals surface area contributed by atoms with E-state index in [9.17, 15) is 4.79 Å². The lowest BCUT2D eigenvalue weighted by Crippen LogP contribution is -2.37. The van der Waals surface area contributed by atoms with Crippen molar-refractivity contribution in [1.29, 1.82) is 0 Å². The summed E-state index contributed by atoms with van der Waals surface area (Å²) in [5, 5.41) is 3.02. The molecule has 0 bridgehead atoms. The maximum Gasteiger partial charge on any atom is 0.223 e. The highest BCUT2D eigenvalue weighted by Crippen LogP contribution is 2.33. The van der Waals surface area contributed by atoms with Crippen LogP contribution in [0.5, 0.6) is 0 Å². The third-order valence-corrected chi connectivity index (χ3v) is 3.52. The molecule has 1 aliphatic carbocycles. The summed E-state index contributed by atoms with van der Waals surface area (Å²) >= 11 is 0. The largest absolute Gasteiger partial charge is 0.354 e. The average molecular weight is 211 g/mol. The van der Waals surface area contributed by atoms with Crippen molar-refractivity contribution < 1.29 is 4.79 Å². The molecule has 1 fully saturated rings. The van der Waals surface area contributed by atoms with Crippen LogP contribution in [0.2, 0.25) is 0 Å². The van der Waals surface area contributed by atoms with E-state index < -0.39 is 0 Å². The van der Waals surface area contributed by atoms with Gasteiger partial charge in [0.1, 0.15) is 0 Å². The van der Waals surface area contributed by atoms with Crippen LogP contribution in [0.15, 0.2) is 0 Å². The molecule has 1 amide bonds. The Morgan fingerprint density at radius 2 is 1.60 bits per heavy atom. The van der Waals surface area contributed by atoms with Crippen molar-refractivity contribution in [3.63, 3.8) is 0 Å². The van der Waals surface area contributed by atoms with Crippen LogP contribution in [-0.4, -0.2) is 11.9 Å². The van der Waals surface area contributed by atoms with E-state index in [4.69, 9.17) is 0 Å². The van der Waals surface area contributed by atoms with Gasteiger partial charge in [-0.3, -0.25) is 4.79 Å². The standard InChI is InChI=1S/C13H25NO/c1-9(2)11-5-7-12(8-6-11)13(15)14-10(3)4/h9-12H,5-8H2,1-4H3,(H,14,15)/t11-,12-. The highest BCUT2D eigenvalue weighted by molar-refractivity contribution is 5.78. The molecule has 0 saturated heterocycles. The first kappa shape index (κ1) is 12.5. The molecule has 0 aromatic heterocycles. The molecule has 0 aromatic rings. The van der Waals surface area contributed by atoms with Crippen molar-refractivity contribution in [1.82, 2.24) is 5.32 Å². The number of carbonyl (C=O) groups excluding carboxylic acids is 1. The summed E-state index contributed by atoms with van der Waals surface area (Å²) in [6, 6.07) is 0.278. The van der Waals surface area contributed by atoms with E-state index in [-0.39, 0.29) is 17.9 Å². The highest BCUT2D eigenvalue weighted by Gasteiger charge is 2.27. The fraction of sp³-hybridized carbons (Fsp3) is 0.923. The molecular weight excluding hydrogens is 186 g/mol. The van der Waals surface area contributed by atoms with Crippen LogP contribution in [0.4, 0.5) is 0 Å². The van der Waals surface area contributed by atoms with Gasteiger partial charge in [-0.2, -0.15) is 0 Å². The normalized spacial score (nSPS) is 27.1. The lowest BCUT2D eigenvalue weighted by Gasteiger charge is -2.30. The molecule has 2 nitrogen and oxygen atoms in total. The number of carbonyl (C=O) groups is 1. The van der Waals surface area contributed by atoms with Gasteiger partial charge in [0, 0.05) is 12.0 Å². The van der Waals surface area contributed by atoms with Gasteiger partial charge in [-0.25, -0.2) is 0 Å². The van der Waals surface area contributed by atoms with Gasteiger partial charge in [0.15, 0.2) is 0 Å². The monoisotopic (exact) mass is 211 g/mol. The zero-order valence-corrected chi connectivity index (χ0v) is 10.5. The Balaban J connectivity index is 2.34. The summed E-state index contributed by atoms with van der Waals surface area (Å²) in [6.45, 7) is 8.63. The van der Waals surface area contributed by atoms with Gasteiger partial charge in [-0.05, 0) is 51.4 Å². The summed E-state index contributed by atoms with van der Waals surface area (Å²) in [6.07, 6.45) is 4.63. The first-order valence-corrected chi connectivity index (χ1v) is 6.31. The lowest BCUT2D eigenvalue weighted by molar-refractivity contribution is -0.126. The van der Waals surface area contributed by atoms with Gasteiger partial charge < -0.3 is 5.32 Å². The van der Waals surface area contributed by atoms with E-state index in [1.807, 2.05) is 13.8 Å². The zero-order valence-electron chi connectivity index (χ0n) is 10.5. The second-order valence-corrected chi connectivity index (χ2v) is 5.52. The van der Waals surface area contributed by atoms with Crippen LogP contribution in [0.25, 0.3) is 0 Å². The summed E-state index contributed by atoms with van der Waals surface area (Å²) in [5.74, 6) is 2.17. The Morgan fingerprint density at radius 1 is 1.07 bits per heavy atom. The van der Waals surface area contributed by atoms with E-state index >= 15 is 0 Å². The molecular formula is C13H25NO. The van der Waals surface area contributed by atoms with Crippen LogP contribution >= 0.6 is 0 Å². The molecule has 0 aliphatic heterocycles. The summed E-state index contributed by atoms with van der Waals surface area (Å²) < 4.78 is 0. The quantitative estimate of drug-likeness (QED) is 0.764. The molecule has 1 rings (SSSR count). The number of hydrogen-bond donors (Lipinski definition) is 1. The molecule has 1 saturated carbocycles. The van der Waals surface area contributed by atoms with E-state index in [0.29, 0.717) is 0 Å². The molecule has 0 radical (unpaired) electrons. The van der Waals surface area contributed by atoms with Crippen LogP contribution in [-0.2, 0) is 4.79 Å². The predicted octanol–water partition coefficient (Wildman–Crippen LogP) is 2.97. The third kappa shape index (κ3) is 3.84. The lowest BCUT2D eigenvalue weighted by atomic mass is 9.76. The molecule has 0 atom stereocenters. The van der Waals surface area contributed by atoms with E-state index in [1.165, 1.54) is 12.8 Å². The fourth-order valence-corrected chi connectivity index (χ4v) is 2.45. The number of hydrogen-bond acceptors (Lipinski definition) is 1. The highest BCUT2D eigenvalue weighted by atomic mass is 16.1. The number of rotatable bonds is 3. The van der Waals surface area contributed by atoms with Crippen molar-refractivity contribution in [2.24, 2.45) is 17.8 Å². The fourth-order valence-electron chi connectivity index (χ4n) is 2.45. The summed E-state index contributed by atoms with van der Waals surface area (Å²) in [4.78, 5) is 11.8. The van der Waals surface area contributed by atoms with Crippen molar-refractivity contribution in [2.75, 3.05) is 0 Å². The van der Waals surface area contributed by atoms with Crippen LogP contribution in [0.1, 0.15) is 53.4 Å². The van der Waals surface area contributed by atoms with Gasteiger partial charge in [-0.15, -0.1) is 0 Å². The molecule has 0 unspecified atom stereocenters. The topological polar surface area (TPSA) is 29.1 Å². The van der Waals surface area contributed by atoms with E-state index in [1.54, 1.807) is 0 Å². The second kappa shape index (κ2) is 5.53. The molecule has 0 spiro atoms. The summed E-state index contributed by atoms with van der Waals surface area (Å²) in [7, 11) is 0. The minimum absolute atomic E-state index is 0.271. The van der Waals surface area contributed by atoms with Crippen molar-refractivity contribution in [3.05, 3.63) is 0 Å². The SMILES string of the molecule is CC(C)NC(=O)[C@H]1CC[C@H](C(C)C)CC1. The Labute approximate surface area is 93.8 Å². The van der Waals surface area contributed by atoms with Gasteiger partial charge in [0.25, 0.3) is 0 Å². The maximum atomic E-state index is 11.8. The van der Waals surface area contributed by atoms with Gasteiger partial charge in [-0.1, -0.05) is 13.8 Å². The van der Waals surface area contributed by atoms with Crippen LogP contribution in [0, 0.1) is 17.8 Å². The second-order valence-electron chi connectivity index (χ2n) is 5.52. The molecule has 1 N–H and O–H groups in total. The Bertz CT molecular complexity index is 203. The molecule has 88 valence electrons. The van der Waals surface area contributed by atoms with Crippen LogP contribution in [0.3, 0.4) is 0 Å². The molecule has 2 heteroatoms. The van der Waals surface area contributed by atoms with Crippen molar-refractivity contribution >= 4 is 5.91 Å². The molecule has 0 aromatic carbocycles. The van der Waals surface area contributed by atoms with Crippen molar-refractivity contribution in [2.45, 2.75) is 59.4 Å². The molecule has 15 heavy (non-hydrogen) atoms. The molecule has 1 aliphatic rings. The van der Waals surface area contributed by atoms with E-state index in [2.05, 4.69) is 19.2 Å². The Kier molecular flexibility index (Phi) is 4.62. The number of amides is 1. The first-order valence-electron chi connectivity index (χ1n) is 6.31. The summed E-state index contributed by atoms with van der Waals surface area (Å²) in [5.41, 5.74) is 0. The molecule has 0 heterocycles. The third-order valence-electron chi connectivity index (χ3n) is 3.52. The average Bonchev–Trinajstić information content (AvgIpc) is 2.17. The van der Waals surface area contributed by atoms with Gasteiger partial charge in [0.2, 0.25) is 5.91 Å². The smallest absolute Gasteiger partial charge is 0.223 e. The Hall–Kier alpha value is -0.530. The van der Waals surface area contributed by atoms with Gasteiger partial charge >= 0.3 is 0 Å². The first-order chi connectivity index (χ1) is 7.00. The van der Waals surface area contributed by atoms with Crippen LogP contribution < -0.4 is 5.32 Å². The maximum absolute atomic E-state index is 11.8. The minimum Gasteiger partial charge on any atom is -0.354 e. The Morgan fingerprint density at radius 3 is 2.00 bits per heavy atom.